The fraction of sp³-hybridized carbons (Fsp3) is 0.571. The minimum absolute atomic E-state index is 0.551. The van der Waals surface area contributed by atoms with Gasteiger partial charge in [-0.05, 0) is 37.9 Å². The van der Waals surface area contributed by atoms with Gasteiger partial charge in [-0.1, -0.05) is 13.0 Å². The third-order valence-corrected chi connectivity index (χ3v) is 3.92. The summed E-state index contributed by atoms with van der Waals surface area (Å²) in [6.07, 6.45) is 3.29. The van der Waals surface area contributed by atoms with Crippen LogP contribution in [0.5, 0.6) is 0 Å². The fourth-order valence-electron chi connectivity index (χ4n) is 2.53. The summed E-state index contributed by atoms with van der Waals surface area (Å²) in [5.41, 5.74) is 1.61. The van der Waals surface area contributed by atoms with Crippen LogP contribution in [0.15, 0.2) is 18.3 Å². The molecule has 1 saturated heterocycles. The average Bonchev–Trinajstić information content (AvgIpc) is 2.77. The van der Waals surface area contributed by atoms with Crippen LogP contribution in [-0.4, -0.2) is 34.0 Å². The van der Waals surface area contributed by atoms with E-state index >= 15 is 0 Å². The first-order valence-electron chi connectivity index (χ1n) is 6.43. The van der Waals surface area contributed by atoms with Crippen LogP contribution >= 0.6 is 0 Å². The molecule has 0 saturated carbocycles. The molecular weight excluding hydrogens is 228 g/mol. The van der Waals surface area contributed by atoms with E-state index in [1.165, 1.54) is 0 Å². The van der Waals surface area contributed by atoms with E-state index in [2.05, 4.69) is 9.88 Å². The molecule has 1 aromatic rings. The number of nitrogens with zero attached hydrogens (tertiary/aromatic N) is 2. The van der Waals surface area contributed by atoms with E-state index in [9.17, 15) is 9.90 Å². The molecule has 4 heteroatoms. The topological polar surface area (TPSA) is 53.4 Å². The van der Waals surface area contributed by atoms with Gasteiger partial charge in [0, 0.05) is 19.3 Å². The van der Waals surface area contributed by atoms with Crippen molar-refractivity contribution < 1.29 is 9.90 Å². The number of carboxylic acids is 1. The van der Waals surface area contributed by atoms with E-state index in [1.54, 1.807) is 0 Å². The van der Waals surface area contributed by atoms with Gasteiger partial charge >= 0.3 is 5.97 Å². The molecule has 4 nitrogen and oxygen atoms in total. The van der Waals surface area contributed by atoms with Crippen molar-refractivity contribution in [2.75, 3.05) is 13.1 Å². The maximum atomic E-state index is 11.4. The monoisotopic (exact) mass is 248 g/mol. The Balaban J connectivity index is 2.01. The summed E-state index contributed by atoms with van der Waals surface area (Å²) in [5, 5.41) is 9.34. The van der Waals surface area contributed by atoms with Crippen molar-refractivity contribution in [2.24, 2.45) is 5.41 Å². The predicted molar refractivity (Wildman–Crippen MR) is 69.2 cm³/mol. The van der Waals surface area contributed by atoms with Gasteiger partial charge in [-0.25, -0.2) is 0 Å². The van der Waals surface area contributed by atoms with Gasteiger partial charge in [-0.3, -0.25) is 14.7 Å². The largest absolute Gasteiger partial charge is 0.481 e. The Kier molecular flexibility index (Phi) is 3.66. The second-order valence-electron chi connectivity index (χ2n) is 5.23. The van der Waals surface area contributed by atoms with Crippen molar-refractivity contribution in [3.63, 3.8) is 0 Å². The van der Waals surface area contributed by atoms with E-state index in [-0.39, 0.29) is 0 Å². The van der Waals surface area contributed by atoms with Crippen molar-refractivity contribution in [1.82, 2.24) is 9.88 Å². The highest BCUT2D eigenvalue weighted by Crippen LogP contribution is 2.34. The molecule has 0 spiro atoms. The molecule has 0 aliphatic carbocycles. The summed E-state index contributed by atoms with van der Waals surface area (Å²) in [7, 11) is 0. The van der Waals surface area contributed by atoms with Crippen molar-refractivity contribution in [1.29, 1.82) is 0 Å². The van der Waals surface area contributed by atoms with Gasteiger partial charge in [-0.15, -0.1) is 0 Å². The van der Waals surface area contributed by atoms with E-state index in [4.69, 9.17) is 0 Å². The quantitative estimate of drug-likeness (QED) is 0.886. The van der Waals surface area contributed by atoms with Crippen LogP contribution < -0.4 is 0 Å². The average molecular weight is 248 g/mol. The zero-order chi connectivity index (χ0) is 13.2. The lowest BCUT2D eigenvalue weighted by atomic mass is 9.84. The fourth-order valence-corrected chi connectivity index (χ4v) is 2.53. The van der Waals surface area contributed by atoms with Gasteiger partial charge in [0.1, 0.15) is 0 Å². The molecule has 2 rings (SSSR count). The Morgan fingerprint density at radius 3 is 2.83 bits per heavy atom. The molecule has 1 N–H and O–H groups in total. The molecule has 2 heterocycles. The Hall–Kier alpha value is -1.42. The SMILES string of the molecule is CCC1(C(=O)O)CCN(Cc2ccc(C)cn2)C1. The Morgan fingerprint density at radius 2 is 2.33 bits per heavy atom. The van der Waals surface area contributed by atoms with Crippen LogP contribution in [0.2, 0.25) is 0 Å². The van der Waals surface area contributed by atoms with E-state index in [1.807, 2.05) is 32.2 Å². The second kappa shape index (κ2) is 5.06. The Morgan fingerprint density at radius 1 is 1.56 bits per heavy atom. The van der Waals surface area contributed by atoms with Gasteiger partial charge in [0.05, 0.1) is 11.1 Å². The summed E-state index contributed by atoms with van der Waals surface area (Å²) in [5.74, 6) is -0.663. The van der Waals surface area contributed by atoms with Crippen LogP contribution in [-0.2, 0) is 11.3 Å². The van der Waals surface area contributed by atoms with Crippen LogP contribution in [0.25, 0.3) is 0 Å². The number of aliphatic carboxylic acids is 1. The number of aromatic nitrogens is 1. The van der Waals surface area contributed by atoms with Crippen LogP contribution in [0.4, 0.5) is 0 Å². The molecule has 0 bridgehead atoms. The maximum Gasteiger partial charge on any atom is 0.310 e. The Bertz CT molecular complexity index is 430. The van der Waals surface area contributed by atoms with E-state index in [0.29, 0.717) is 13.0 Å². The number of likely N-dealkylation sites (tertiary alicyclic amines) is 1. The smallest absolute Gasteiger partial charge is 0.310 e. The molecule has 1 unspecified atom stereocenters. The summed E-state index contributed by atoms with van der Waals surface area (Å²) in [6, 6.07) is 4.06. The van der Waals surface area contributed by atoms with E-state index in [0.717, 1.165) is 30.8 Å². The lowest BCUT2D eigenvalue weighted by Gasteiger charge is -2.22. The highest BCUT2D eigenvalue weighted by molar-refractivity contribution is 5.75. The molecule has 1 aliphatic rings. The van der Waals surface area contributed by atoms with Gasteiger partial charge in [0.25, 0.3) is 0 Å². The van der Waals surface area contributed by atoms with Crippen molar-refractivity contribution in [3.05, 3.63) is 29.6 Å². The molecule has 1 fully saturated rings. The third kappa shape index (κ3) is 2.53. The molecule has 98 valence electrons. The number of pyridine rings is 1. The molecule has 0 radical (unpaired) electrons. The molecule has 1 atom stereocenters. The number of hydrogen-bond acceptors (Lipinski definition) is 3. The third-order valence-electron chi connectivity index (χ3n) is 3.92. The standard InChI is InChI=1S/C14H20N2O2/c1-3-14(13(17)18)6-7-16(10-14)9-12-5-4-11(2)8-15-12/h4-5,8H,3,6-7,9-10H2,1-2H3,(H,17,18). The molecule has 18 heavy (non-hydrogen) atoms. The van der Waals surface area contributed by atoms with Gasteiger partial charge in [0.2, 0.25) is 0 Å². The van der Waals surface area contributed by atoms with Crippen molar-refractivity contribution >= 4 is 5.97 Å². The highest BCUT2D eigenvalue weighted by atomic mass is 16.4. The summed E-state index contributed by atoms with van der Waals surface area (Å²) >= 11 is 0. The van der Waals surface area contributed by atoms with Crippen molar-refractivity contribution in [2.45, 2.75) is 33.2 Å². The molecule has 1 aliphatic heterocycles. The number of rotatable bonds is 4. The molecule has 1 aromatic heterocycles. The minimum atomic E-state index is -0.663. The first kappa shape index (κ1) is 13.0. The van der Waals surface area contributed by atoms with Crippen LogP contribution in [0.1, 0.15) is 31.0 Å². The number of carboxylic acid groups (broad SMARTS) is 1. The van der Waals surface area contributed by atoms with E-state index < -0.39 is 11.4 Å². The number of carbonyl (C=O) groups is 1. The Labute approximate surface area is 108 Å². The minimum Gasteiger partial charge on any atom is -0.481 e. The molecule has 0 aromatic carbocycles. The normalized spacial score (nSPS) is 24.3. The zero-order valence-electron chi connectivity index (χ0n) is 11.0. The molecule has 0 amide bonds. The van der Waals surface area contributed by atoms with Crippen molar-refractivity contribution in [3.8, 4) is 0 Å². The predicted octanol–water partition coefficient (Wildman–Crippen LogP) is 2.08. The lowest BCUT2D eigenvalue weighted by molar-refractivity contribution is -0.148. The summed E-state index contributed by atoms with van der Waals surface area (Å²) in [4.78, 5) is 17.9. The number of hydrogen-bond donors (Lipinski definition) is 1. The van der Waals surface area contributed by atoms with Gasteiger partial charge in [-0.2, -0.15) is 0 Å². The first-order chi connectivity index (χ1) is 8.55. The number of aryl methyl sites for hydroxylation is 1. The first-order valence-corrected chi connectivity index (χ1v) is 6.43. The lowest BCUT2D eigenvalue weighted by Crippen LogP contribution is -2.34. The zero-order valence-corrected chi connectivity index (χ0v) is 11.0. The second-order valence-corrected chi connectivity index (χ2v) is 5.23. The maximum absolute atomic E-state index is 11.4. The molecular formula is C14H20N2O2. The van der Waals surface area contributed by atoms with Gasteiger partial charge < -0.3 is 5.11 Å². The summed E-state index contributed by atoms with van der Waals surface area (Å²) in [6.45, 7) is 6.19. The summed E-state index contributed by atoms with van der Waals surface area (Å²) < 4.78 is 0. The van der Waals surface area contributed by atoms with Crippen LogP contribution in [0.3, 0.4) is 0 Å². The van der Waals surface area contributed by atoms with Crippen LogP contribution in [0, 0.1) is 12.3 Å². The highest BCUT2D eigenvalue weighted by Gasteiger charge is 2.43. The van der Waals surface area contributed by atoms with Gasteiger partial charge in [0.15, 0.2) is 0 Å².